The van der Waals surface area contributed by atoms with Crippen molar-refractivity contribution in [3.8, 4) is 0 Å². The monoisotopic (exact) mass is 561 g/mol. The molecule has 0 aliphatic rings. The number of hydrogen-bond acceptors (Lipinski definition) is 1. The summed E-state index contributed by atoms with van der Waals surface area (Å²) < 4.78 is 88.1. The van der Waals surface area contributed by atoms with E-state index in [0.717, 1.165) is 10.6 Å². The molecule has 0 aliphatic carbocycles. The quantitative estimate of drug-likeness (QED) is 0.122. The van der Waals surface area contributed by atoms with Gasteiger partial charge in [-0.15, -0.1) is 0 Å². The van der Waals surface area contributed by atoms with Crippen LogP contribution in [0.2, 0.25) is 0 Å². The van der Waals surface area contributed by atoms with Crippen molar-refractivity contribution in [3.05, 3.63) is 125 Å². The highest BCUT2D eigenvalue weighted by atomic mass is 32.2. The molecule has 0 aliphatic heterocycles. The van der Waals surface area contributed by atoms with Crippen LogP contribution in [0.1, 0.15) is 37.9 Å². The highest BCUT2D eigenvalue weighted by molar-refractivity contribution is 7.84. The zero-order valence-electron chi connectivity index (χ0n) is 20.8. The van der Waals surface area contributed by atoms with E-state index in [-0.39, 0.29) is 5.56 Å². The Balaban J connectivity index is 2.03. The van der Waals surface area contributed by atoms with Crippen molar-refractivity contribution < 1.29 is 26.2 Å². The second kappa shape index (κ2) is 11.4. The summed E-state index contributed by atoms with van der Waals surface area (Å²) in [4.78, 5) is 0. The summed E-state index contributed by atoms with van der Waals surface area (Å²) in [6, 6.07) is 23.9. The van der Waals surface area contributed by atoms with E-state index in [1.165, 1.54) is 0 Å². The molecule has 9 heteroatoms. The van der Waals surface area contributed by atoms with Crippen LogP contribution in [-0.4, -0.2) is 8.96 Å². The summed E-state index contributed by atoms with van der Waals surface area (Å²) in [5.41, 5.74) is -0.824. The number of benzene rings is 4. The van der Waals surface area contributed by atoms with E-state index in [1.54, 1.807) is 45.0 Å². The van der Waals surface area contributed by atoms with Crippen LogP contribution in [0, 0.1) is 29.1 Å². The molecule has 0 spiro atoms. The first-order chi connectivity index (χ1) is 18.0. The van der Waals surface area contributed by atoms with Gasteiger partial charge in [-0.2, -0.15) is 0 Å². The molecular formula is C29H25F5NOPS. The Morgan fingerprint density at radius 3 is 1.55 bits per heavy atom. The first-order valence-electron chi connectivity index (χ1n) is 11.7. The predicted octanol–water partition coefficient (Wildman–Crippen LogP) is 6.28. The van der Waals surface area contributed by atoms with Gasteiger partial charge in [0.25, 0.3) is 0 Å². The average Bonchev–Trinajstić information content (AvgIpc) is 2.91. The summed E-state index contributed by atoms with van der Waals surface area (Å²) in [6.45, 7) is 4.91. The van der Waals surface area contributed by atoms with Crippen molar-refractivity contribution in [2.75, 3.05) is 0 Å². The molecular weight excluding hydrogens is 536 g/mol. The van der Waals surface area contributed by atoms with E-state index < -0.39 is 64.3 Å². The molecule has 4 aromatic rings. The Labute approximate surface area is 222 Å². The van der Waals surface area contributed by atoms with E-state index in [2.05, 4.69) is 4.72 Å². The fourth-order valence-corrected chi connectivity index (χ4v) is 7.26. The summed E-state index contributed by atoms with van der Waals surface area (Å²) in [5.74, 6) is -10.3. The molecule has 0 fully saturated rings. The van der Waals surface area contributed by atoms with E-state index in [1.807, 2.05) is 60.7 Å². The Kier molecular flexibility index (Phi) is 8.46. The number of rotatable bonds is 7. The largest absolute Gasteiger partial charge is 0.242 e. The lowest BCUT2D eigenvalue weighted by atomic mass is 9.97. The van der Waals surface area contributed by atoms with Crippen LogP contribution >= 0.6 is 7.92 Å². The van der Waals surface area contributed by atoms with Crippen molar-refractivity contribution in [2.45, 2.75) is 31.6 Å². The van der Waals surface area contributed by atoms with E-state index >= 15 is 8.78 Å². The summed E-state index contributed by atoms with van der Waals surface area (Å²) in [7, 11) is -3.26. The molecule has 1 N–H and O–H groups in total. The Morgan fingerprint density at radius 2 is 1.08 bits per heavy atom. The fourth-order valence-electron chi connectivity index (χ4n) is 3.95. The summed E-state index contributed by atoms with van der Waals surface area (Å²) >= 11 is 0. The van der Waals surface area contributed by atoms with Crippen molar-refractivity contribution >= 4 is 34.8 Å². The molecule has 4 rings (SSSR count). The molecule has 0 aromatic heterocycles. The SMILES string of the molecule is CC(C)(C)[S@@](=O)N[C@@H](c1ccccc1P(c1ccccc1)c1ccccc1)c1c(F)c(F)c(F)c(F)c1F. The Morgan fingerprint density at radius 1 is 0.658 bits per heavy atom. The van der Waals surface area contributed by atoms with Crippen molar-refractivity contribution in [1.82, 2.24) is 4.72 Å². The lowest BCUT2D eigenvalue weighted by Crippen LogP contribution is -2.39. The van der Waals surface area contributed by atoms with Gasteiger partial charge in [0.1, 0.15) is 0 Å². The highest BCUT2D eigenvalue weighted by Gasteiger charge is 2.36. The van der Waals surface area contributed by atoms with E-state index in [4.69, 9.17) is 0 Å². The third-order valence-electron chi connectivity index (χ3n) is 5.83. The molecule has 198 valence electrons. The van der Waals surface area contributed by atoms with Crippen molar-refractivity contribution in [2.24, 2.45) is 0 Å². The van der Waals surface area contributed by atoms with E-state index in [0.29, 0.717) is 5.30 Å². The van der Waals surface area contributed by atoms with Gasteiger partial charge in [-0.05, 0) is 50.2 Å². The molecule has 0 heterocycles. The summed E-state index contributed by atoms with van der Waals surface area (Å²) in [5, 5.41) is 2.44. The molecule has 0 radical (unpaired) electrons. The number of halogens is 5. The maximum Gasteiger partial charge on any atom is 0.200 e. The van der Waals surface area contributed by atoms with Gasteiger partial charge in [-0.25, -0.2) is 30.9 Å². The smallest absolute Gasteiger partial charge is 0.200 e. The van der Waals surface area contributed by atoms with E-state index in [9.17, 15) is 17.4 Å². The van der Waals surface area contributed by atoms with Crippen LogP contribution in [0.25, 0.3) is 0 Å². The Hall–Kier alpha value is -2.93. The van der Waals surface area contributed by atoms with Crippen LogP contribution in [0.3, 0.4) is 0 Å². The second-order valence-corrected chi connectivity index (χ2v) is 13.7. The molecule has 0 unspecified atom stereocenters. The van der Waals surface area contributed by atoms with Crippen molar-refractivity contribution in [3.63, 3.8) is 0 Å². The molecule has 2 atom stereocenters. The lowest BCUT2D eigenvalue weighted by Gasteiger charge is -2.29. The van der Waals surface area contributed by atoms with Gasteiger partial charge in [0.2, 0.25) is 5.82 Å². The minimum Gasteiger partial charge on any atom is -0.242 e. The van der Waals surface area contributed by atoms with Gasteiger partial charge in [-0.1, -0.05) is 84.9 Å². The van der Waals surface area contributed by atoms with Gasteiger partial charge >= 0.3 is 0 Å². The van der Waals surface area contributed by atoms with Crippen molar-refractivity contribution in [1.29, 1.82) is 0 Å². The highest BCUT2D eigenvalue weighted by Crippen LogP contribution is 2.39. The third-order valence-corrected chi connectivity index (χ3v) is 9.91. The topological polar surface area (TPSA) is 29.1 Å². The molecule has 0 saturated carbocycles. The average molecular weight is 562 g/mol. The number of hydrogen-bond donors (Lipinski definition) is 1. The minimum absolute atomic E-state index is 0.257. The zero-order chi connectivity index (χ0) is 27.6. The van der Waals surface area contributed by atoms with Gasteiger partial charge in [0, 0.05) is 0 Å². The van der Waals surface area contributed by atoms with Gasteiger partial charge < -0.3 is 0 Å². The van der Waals surface area contributed by atoms with Crippen LogP contribution in [0.4, 0.5) is 22.0 Å². The normalized spacial score (nSPS) is 13.5. The molecule has 0 saturated heterocycles. The van der Waals surface area contributed by atoms with Crippen LogP contribution < -0.4 is 20.6 Å². The first kappa shape index (κ1) is 28.1. The number of nitrogens with one attached hydrogen (secondary N) is 1. The molecule has 2 nitrogen and oxygen atoms in total. The molecule has 0 bridgehead atoms. The zero-order valence-corrected chi connectivity index (χ0v) is 22.5. The Bertz CT molecular complexity index is 1390. The van der Waals surface area contributed by atoms with Gasteiger partial charge in [-0.3, -0.25) is 0 Å². The lowest BCUT2D eigenvalue weighted by molar-refractivity contribution is 0.365. The van der Waals surface area contributed by atoms with Crippen LogP contribution in [-0.2, 0) is 11.0 Å². The van der Waals surface area contributed by atoms with Gasteiger partial charge in [0.15, 0.2) is 23.3 Å². The first-order valence-corrected chi connectivity index (χ1v) is 14.2. The summed E-state index contributed by atoms with van der Waals surface area (Å²) in [6.07, 6.45) is 0. The minimum atomic E-state index is -2.25. The molecule has 4 aromatic carbocycles. The third kappa shape index (κ3) is 5.58. The predicted molar refractivity (Wildman–Crippen MR) is 144 cm³/mol. The van der Waals surface area contributed by atoms with Gasteiger partial charge in [0.05, 0.1) is 27.3 Å². The molecule has 0 amide bonds. The standard InChI is InChI=1S/C29H25F5NOPS/c1-29(2,3)38(36)35-28(22-23(30)25(32)27(34)26(33)24(22)31)20-16-10-11-17-21(20)37(18-12-6-4-7-13-18)19-14-8-5-9-15-19/h4-17,28,35H,1-3H3/t28-,38+/m0/s1. The van der Waals surface area contributed by atoms with Crippen LogP contribution in [0.5, 0.6) is 0 Å². The fraction of sp³-hybridized carbons (Fsp3) is 0.172. The maximum absolute atomic E-state index is 15.2. The maximum atomic E-state index is 15.2. The van der Waals surface area contributed by atoms with Crippen LogP contribution in [0.15, 0.2) is 84.9 Å². The molecule has 38 heavy (non-hydrogen) atoms. The second-order valence-electron chi connectivity index (χ2n) is 9.48.